The molecule has 12 rings (SSSR count). The van der Waals surface area contributed by atoms with Crippen LogP contribution in [0.2, 0.25) is 0 Å². The van der Waals surface area contributed by atoms with Gasteiger partial charge in [-0.1, -0.05) is 12.1 Å². The molecule has 0 unspecified atom stereocenters. The predicted octanol–water partition coefficient (Wildman–Crippen LogP) is 9.07. The first-order chi connectivity index (χ1) is 38.0. The fourth-order valence-corrected chi connectivity index (χ4v) is 11.7. The number of morpholine rings is 2. The van der Waals surface area contributed by atoms with Crippen molar-refractivity contribution >= 4 is 45.6 Å². The minimum atomic E-state index is -0.643. The first-order valence-electron chi connectivity index (χ1n) is 27.0. The van der Waals surface area contributed by atoms with Crippen molar-refractivity contribution in [2.24, 2.45) is 0 Å². The number of fused-ring (bicyclic) bond motifs is 2. The molecule has 6 aromatic heterocycles. The summed E-state index contributed by atoms with van der Waals surface area (Å²) in [7, 11) is 2.14. The molecule has 0 bridgehead atoms. The molecule has 2 spiro atoms. The van der Waals surface area contributed by atoms with Gasteiger partial charge in [0.05, 0.1) is 47.8 Å². The van der Waals surface area contributed by atoms with E-state index in [0.717, 1.165) is 115 Å². The molecule has 414 valence electrons. The van der Waals surface area contributed by atoms with Gasteiger partial charge >= 0.3 is 0 Å². The van der Waals surface area contributed by atoms with Crippen molar-refractivity contribution in [3.63, 3.8) is 0 Å². The molecular formula is C57H66F4N16O2. The molecule has 4 aliphatic rings. The summed E-state index contributed by atoms with van der Waals surface area (Å²) in [6.45, 7) is 22.2. The molecule has 22 heteroatoms. The average molecular weight is 1080 g/mol. The number of aromatic nitrogens is 10. The molecule has 4 aliphatic heterocycles. The van der Waals surface area contributed by atoms with Crippen LogP contribution in [0.15, 0.2) is 73.3 Å². The zero-order valence-corrected chi connectivity index (χ0v) is 45.6. The second-order valence-corrected chi connectivity index (χ2v) is 21.9. The van der Waals surface area contributed by atoms with E-state index in [4.69, 9.17) is 9.47 Å². The second kappa shape index (κ2) is 22.2. The lowest BCUT2D eigenvalue weighted by Crippen LogP contribution is -2.52. The van der Waals surface area contributed by atoms with Crippen molar-refractivity contribution in [3.05, 3.63) is 119 Å². The highest BCUT2D eigenvalue weighted by Crippen LogP contribution is 2.34. The normalized spacial score (nSPS) is 20.1. The number of anilines is 4. The Morgan fingerprint density at radius 2 is 1.08 bits per heavy atom. The summed E-state index contributed by atoms with van der Waals surface area (Å²) in [6.07, 6.45) is 7.90. The van der Waals surface area contributed by atoms with Crippen molar-refractivity contribution < 1.29 is 27.0 Å². The number of pyridine rings is 2. The molecule has 0 aliphatic carbocycles. The number of nitrogens with zero attached hydrogens (tertiary/aromatic N) is 13. The Labute approximate surface area is 456 Å². The van der Waals surface area contributed by atoms with Crippen LogP contribution in [-0.2, 0) is 22.6 Å². The molecule has 4 saturated heterocycles. The minimum Gasteiger partial charge on any atom is -0.371 e. The van der Waals surface area contributed by atoms with E-state index in [1.807, 2.05) is 87.3 Å². The van der Waals surface area contributed by atoms with Crippen LogP contribution in [0.3, 0.4) is 0 Å². The van der Waals surface area contributed by atoms with Gasteiger partial charge in [-0.05, 0) is 116 Å². The van der Waals surface area contributed by atoms with Crippen LogP contribution in [0.5, 0.6) is 0 Å². The quantitative estimate of drug-likeness (QED) is 0.0987. The zero-order valence-electron chi connectivity index (χ0n) is 45.6. The van der Waals surface area contributed by atoms with Crippen molar-refractivity contribution in [1.82, 2.24) is 69.0 Å². The van der Waals surface area contributed by atoms with E-state index < -0.39 is 23.3 Å². The third-order valence-electron chi connectivity index (χ3n) is 15.2. The lowest BCUT2D eigenvalue weighted by atomic mass is 10.0. The van der Waals surface area contributed by atoms with Gasteiger partial charge < -0.3 is 39.5 Å². The highest BCUT2D eigenvalue weighted by atomic mass is 19.1. The third kappa shape index (κ3) is 11.5. The van der Waals surface area contributed by atoms with Gasteiger partial charge in [0.15, 0.2) is 23.3 Å². The fourth-order valence-electron chi connectivity index (χ4n) is 11.7. The number of rotatable bonds is 12. The SMILES string of the molecule is Cc1nc2c(F)cc(-c3nc(Nc4ccc(CN5CCO[C@@]6(CCN(C)C6)C5)cn4)ncc3F)cc2n1C(C)C.Cc1nc2c(F)cc(-c3nc(Nc4ccc(CN5CCO[C@@]6(CCNC6)C5)cn4)ncc3F)cc2n1C(C)C. The van der Waals surface area contributed by atoms with Crippen molar-refractivity contribution in [1.29, 1.82) is 0 Å². The first kappa shape index (κ1) is 53.9. The first-order valence-corrected chi connectivity index (χ1v) is 27.0. The van der Waals surface area contributed by atoms with Crippen LogP contribution >= 0.6 is 0 Å². The number of likely N-dealkylation sites (tertiary alicyclic amines) is 1. The van der Waals surface area contributed by atoms with Crippen molar-refractivity contribution in [2.75, 3.05) is 83.3 Å². The number of nitrogens with one attached hydrogen (secondary N) is 3. The molecule has 0 radical (unpaired) electrons. The summed E-state index contributed by atoms with van der Waals surface area (Å²) in [5.74, 6) is 0.469. The van der Waals surface area contributed by atoms with Gasteiger partial charge in [0, 0.05) is 94.5 Å². The van der Waals surface area contributed by atoms with E-state index in [1.54, 1.807) is 12.1 Å². The van der Waals surface area contributed by atoms with Crippen LogP contribution in [-0.4, -0.2) is 148 Å². The lowest BCUT2D eigenvalue weighted by molar-refractivity contribution is -0.102. The average Bonchev–Trinajstić information content (AvgIpc) is 4.27. The maximum absolute atomic E-state index is 15.0. The van der Waals surface area contributed by atoms with Gasteiger partial charge in [0.1, 0.15) is 45.7 Å². The van der Waals surface area contributed by atoms with E-state index in [0.29, 0.717) is 45.4 Å². The summed E-state index contributed by atoms with van der Waals surface area (Å²) in [5, 5.41) is 9.50. The maximum atomic E-state index is 15.0. The Bertz CT molecular complexity index is 3490. The summed E-state index contributed by atoms with van der Waals surface area (Å²) < 4.78 is 75.8. The molecule has 79 heavy (non-hydrogen) atoms. The van der Waals surface area contributed by atoms with Crippen LogP contribution < -0.4 is 16.0 Å². The number of hydrogen-bond donors (Lipinski definition) is 3. The number of aryl methyl sites for hydroxylation is 2. The molecule has 8 aromatic rings. The molecule has 4 fully saturated rings. The largest absolute Gasteiger partial charge is 0.371 e. The van der Waals surface area contributed by atoms with Crippen LogP contribution in [0.1, 0.15) is 75.4 Å². The van der Waals surface area contributed by atoms with Crippen molar-refractivity contribution in [2.45, 2.75) is 90.8 Å². The topological polar surface area (TPSA) is 177 Å². The summed E-state index contributed by atoms with van der Waals surface area (Å²) in [5.41, 5.74) is 4.38. The molecule has 10 heterocycles. The third-order valence-corrected chi connectivity index (χ3v) is 15.2. The summed E-state index contributed by atoms with van der Waals surface area (Å²) in [4.78, 5) is 41.8. The van der Waals surface area contributed by atoms with Gasteiger partial charge in [-0.15, -0.1) is 0 Å². The van der Waals surface area contributed by atoms with Crippen LogP contribution in [0.25, 0.3) is 44.6 Å². The van der Waals surface area contributed by atoms with E-state index in [1.165, 1.54) is 12.1 Å². The highest BCUT2D eigenvalue weighted by Gasteiger charge is 2.42. The monoisotopic (exact) mass is 1080 g/mol. The van der Waals surface area contributed by atoms with Gasteiger partial charge in [-0.3, -0.25) is 9.80 Å². The highest BCUT2D eigenvalue weighted by molar-refractivity contribution is 5.84. The molecule has 0 amide bonds. The Kier molecular flexibility index (Phi) is 15.2. The van der Waals surface area contributed by atoms with E-state index in [9.17, 15) is 17.6 Å². The van der Waals surface area contributed by atoms with Crippen molar-refractivity contribution in [3.8, 4) is 22.5 Å². The Morgan fingerprint density at radius 1 is 0.582 bits per heavy atom. The summed E-state index contributed by atoms with van der Waals surface area (Å²) in [6, 6.07) is 13.8. The molecule has 18 nitrogen and oxygen atoms in total. The number of benzene rings is 2. The van der Waals surface area contributed by atoms with Crippen LogP contribution in [0, 0.1) is 37.1 Å². The van der Waals surface area contributed by atoms with Gasteiger partial charge in [-0.2, -0.15) is 0 Å². The number of imidazole rings is 2. The number of likely N-dealkylation sites (N-methyl/N-ethyl adjacent to an activating group) is 1. The van der Waals surface area contributed by atoms with Gasteiger partial charge in [-0.25, -0.2) is 57.4 Å². The Morgan fingerprint density at radius 3 is 1.51 bits per heavy atom. The van der Waals surface area contributed by atoms with Gasteiger partial charge in [0.2, 0.25) is 11.9 Å². The van der Waals surface area contributed by atoms with Crippen LogP contribution in [0.4, 0.5) is 41.1 Å². The van der Waals surface area contributed by atoms with Gasteiger partial charge in [0.25, 0.3) is 0 Å². The molecule has 3 N–H and O–H groups in total. The lowest BCUT2D eigenvalue weighted by Gasteiger charge is -2.40. The fraction of sp³-hybridized carbons (Fsp3) is 0.439. The Balaban J connectivity index is 0.000000167. The molecule has 2 atom stereocenters. The number of hydrogen-bond acceptors (Lipinski definition) is 16. The molecular weight excluding hydrogens is 1020 g/mol. The number of ether oxygens (including phenoxy) is 2. The maximum Gasteiger partial charge on any atom is 0.229 e. The standard InChI is InChI=1S/C29H34F2N8O.C28H32F2N8O/c1-18(2)39-19(3)34-27-22(30)11-21(12-24(27)39)26-23(31)14-33-28(36-26)35-25-6-5-20(13-32-25)15-38-9-10-40-29(17-38)7-8-37(4)16-29;1-17(2)38-18(3)34-26-21(29)10-20(11-23(26)38)25-22(30)13-33-27(36-25)35-24-5-4-19(12-32-24)14-37-8-9-39-28(16-37)6-7-31-15-28/h5-6,11-14,18H,7-10,15-17H2,1-4H3,(H,32,33,35,36);4-5,10-13,17,31H,6-9,14-16H2,1-3H3,(H,32,33,35,36)/t29-;28-/m11/s1. The second-order valence-electron chi connectivity index (χ2n) is 21.9. The molecule has 0 saturated carbocycles. The predicted molar refractivity (Wildman–Crippen MR) is 294 cm³/mol. The van der Waals surface area contributed by atoms with E-state index in [-0.39, 0.29) is 57.6 Å². The Hall–Kier alpha value is -7.08. The minimum absolute atomic E-state index is 0.00160. The smallest absolute Gasteiger partial charge is 0.229 e. The summed E-state index contributed by atoms with van der Waals surface area (Å²) >= 11 is 0. The van der Waals surface area contributed by atoms with E-state index >= 15 is 0 Å². The molecule has 2 aromatic carbocycles. The zero-order chi connectivity index (χ0) is 55.2. The number of halogens is 4. The van der Waals surface area contributed by atoms with E-state index in [2.05, 4.69) is 77.6 Å².